The second-order valence-electron chi connectivity index (χ2n) is 7.14. The number of amides is 1. The van der Waals surface area contributed by atoms with Gasteiger partial charge in [0.1, 0.15) is 5.76 Å². The molecule has 6 heteroatoms. The van der Waals surface area contributed by atoms with Crippen molar-refractivity contribution in [3.05, 3.63) is 47.1 Å². The third-order valence-electron chi connectivity index (χ3n) is 5.39. The number of likely N-dealkylation sites (tertiary alicyclic amines) is 1. The van der Waals surface area contributed by atoms with Crippen molar-refractivity contribution < 1.29 is 9.32 Å². The number of rotatable bonds is 4. The van der Waals surface area contributed by atoms with E-state index in [1.165, 1.54) is 5.69 Å². The van der Waals surface area contributed by atoms with Crippen LogP contribution in [0.4, 0.5) is 0 Å². The molecule has 1 amide bonds. The van der Waals surface area contributed by atoms with Crippen molar-refractivity contribution in [3.8, 4) is 0 Å². The van der Waals surface area contributed by atoms with E-state index in [4.69, 9.17) is 4.52 Å². The molecule has 1 saturated heterocycles. The first-order valence-electron chi connectivity index (χ1n) is 9.25. The Kier molecular flexibility index (Phi) is 4.49. The number of hydrogen-bond donors (Lipinski definition) is 1. The highest BCUT2D eigenvalue weighted by Gasteiger charge is 2.26. The average Bonchev–Trinajstić information content (AvgIpc) is 3.23. The van der Waals surface area contributed by atoms with Gasteiger partial charge in [-0.15, -0.1) is 0 Å². The number of nitrogens with one attached hydrogen (secondary N) is 1. The molecule has 0 saturated carbocycles. The Hall–Kier alpha value is -2.63. The van der Waals surface area contributed by atoms with Gasteiger partial charge in [0.05, 0.1) is 16.7 Å². The van der Waals surface area contributed by atoms with Gasteiger partial charge in [0, 0.05) is 42.9 Å². The molecule has 1 fully saturated rings. The van der Waals surface area contributed by atoms with Crippen molar-refractivity contribution in [1.82, 2.24) is 20.0 Å². The molecule has 1 atom stereocenters. The lowest BCUT2D eigenvalue weighted by atomic mass is 9.94. The Morgan fingerprint density at radius 1 is 1.42 bits per heavy atom. The number of aromatic amines is 1. The second kappa shape index (κ2) is 6.94. The van der Waals surface area contributed by atoms with Crippen LogP contribution in [0.25, 0.3) is 11.0 Å². The van der Waals surface area contributed by atoms with Crippen LogP contribution in [-0.2, 0) is 11.2 Å². The largest absolute Gasteiger partial charge is 0.361 e. The van der Waals surface area contributed by atoms with Crippen molar-refractivity contribution in [2.75, 3.05) is 13.1 Å². The fourth-order valence-corrected chi connectivity index (χ4v) is 3.90. The number of nitrogens with zero attached hydrogens (tertiary/aromatic N) is 3. The third-order valence-corrected chi connectivity index (χ3v) is 5.39. The third kappa shape index (κ3) is 3.23. The highest BCUT2D eigenvalue weighted by molar-refractivity contribution is 5.77. The van der Waals surface area contributed by atoms with Crippen LogP contribution in [-0.4, -0.2) is 39.0 Å². The monoisotopic (exact) mass is 352 g/mol. The number of carbonyl (C=O) groups is 1. The number of piperidine rings is 1. The number of hydrogen-bond acceptors (Lipinski definition) is 4. The maximum atomic E-state index is 12.7. The summed E-state index contributed by atoms with van der Waals surface area (Å²) in [5.74, 6) is 1.38. The predicted molar refractivity (Wildman–Crippen MR) is 98.9 cm³/mol. The zero-order valence-corrected chi connectivity index (χ0v) is 15.3. The molecule has 3 aromatic rings. The minimum absolute atomic E-state index is 0.212. The molecule has 26 heavy (non-hydrogen) atoms. The van der Waals surface area contributed by atoms with Crippen molar-refractivity contribution in [2.24, 2.45) is 0 Å². The van der Waals surface area contributed by atoms with Crippen LogP contribution in [0.5, 0.6) is 0 Å². The fraction of sp³-hybridized carbons (Fsp3) is 0.450. The maximum absolute atomic E-state index is 12.7. The van der Waals surface area contributed by atoms with Crippen molar-refractivity contribution in [1.29, 1.82) is 0 Å². The first-order valence-corrected chi connectivity index (χ1v) is 9.25. The molecule has 0 aliphatic carbocycles. The molecule has 0 aromatic carbocycles. The summed E-state index contributed by atoms with van der Waals surface area (Å²) in [6, 6.07) is 6.10. The van der Waals surface area contributed by atoms with Crippen LogP contribution in [0.2, 0.25) is 0 Å². The van der Waals surface area contributed by atoms with Crippen LogP contribution in [0.15, 0.2) is 28.9 Å². The molecule has 0 unspecified atom stereocenters. The Balaban J connectivity index is 1.42. The van der Waals surface area contributed by atoms with Crippen molar-refractivity contribution in [3.63, 3.8) is 0 Å². The van der Waals surface area contributed by atoms with Crippen LogP contribution in [0, 0.1) is 13.8 Å². The summed E-state index contributed by atoms with van der Waals surface area (Å²) in [4.78, 5) is 22.6. The minimum Gasteiger partial charge on any atom is -0.361 e. The van der Waals surface area contributed by atoms with E-state index in [0.29, 0.717) is 18.8 Å². The Morgan fingerprint density at radius 2 is 2.31 bits per heavy atom. The molecule has 136 valence electrons. The predicted octanol–water partition coefficient (Wildman–Crippen LogP) is 3.51. The number of aromatic nitrogens is 3. The molecule has 4 rings (SSSR count). The van der Waals surface area contributed by atoms with E-state index in [1.54, 1.807) is 0 Å². The quantitative estimate of drug-likeness (QED) is 0.780. The van der Waals surface area contributed by atoms with Gasteiger partial charge in [-0.3, -0.25) is 9.78 Å². The molecular formula is C20H24N4O2. The van der Waals surface area contributed by atoms with E-state index in [1.807, 2.05) is 37.1 Å². The molecule has 6 nitrogen and oxygen atoms in total. The molecule has 3 aromatic heterocycles. The molecule has 1 aliphatic rings. The van der Waals surface area contributed by atoms with Gasteiger partial charge in [0.2, 0.25) is 5.91 Å². The van der Waals surface area contributed by atoms with Crippen molar-refractivity contribution in [2.45, 2.75) is 45.4 Å². The Morgan fingerprint density at radius 3 is 3.08 bits per heavy atom. The first-order chi connectivity index (χ1) is 12.6. The zero-order chi connectivity index (χ0) is 18.1. The van der Waals surface area contributed by atoms with Crippen molar-refractivity contribution >= 4 is 16.9 Å². The lowest BCUT2D eigenvalue weighted by Crippen LogP contribution is -2.39. The molecular weight excluding hydrogens is 328 g/mol. The first kappa shape index (κ1) is 16.8. The van der Waals surface area contributed by atoms with Gasteiger partial charge in [-0.2, -0.15) is 0 Å². The summed E-state index contributed by atoms with van der Waals surface area (Å²) >= 11 is 0. The van der Waals surface area contributed by atoms with Gasteiger partial charge in [0.25, 0.3) is 0 Å². The molecule has 1 N–H and O–H groups in total. The maximum Gasteiger partial charge on any atom is 0.222 e. The normalized spacial score (nSPS) is 17.8. The molecule has 1 aliphatic heterocycles. The van der Waals surface area contributed by atoms with Gasteiger partial charge in [-0.25, -0.2) is 0 Å². The van der Waals surface area contributed by atoms with Crippen LogP contribution < -0.4 is 0 Å². The van der Waals surface area contributed by atoms with Gasteiger partial charge < -0.3 is 14.4 Å². The van der Waals surface area contributed by atoms with E-state index in [2.05, 4.69) is 21.2 Å². The highest BCUT2D eigenvalue weighted by atomic mass is 16.5. The lowest BCUT2D eigenvalue weighted by molar-refractivity contribution is -0.132. The summed E-state index contributed by atoms with van der Waals surface area (Å²) in [7, 11) is 0. The topological polar surface area (TPSA) is 75.0 Å². The summed E-state index contributed by atoms with van der Waals surface area (Å²) in [6.45, 7) is 5.44. The number of H-pyrrole nitrogens is 1. The lowest BCUT2D eigenvalue weighted by Gasteiger charge is -2.32. The smallest absolute Gasteiger partial charge is 0.222 e. The van der Waals surface area contributed by atoms with E-state index in [9.17, 15) is 4.79 Å². The van der Waals surface area contributed by atoms with E-state index < -0.39 is 0 Å². The number of carbonyl (C=O) groups excluding carboxylic acids is 1. The standard InChI is InChI=1S/C20H24N4O2/c1-13-16(14(2)26-23-13)7-8-20(25)24-10-4-5-15(12-24)18-11-19-17(22-18)6-3-9-21-19/h3,6,9,11,15,22H,4-5,7-8,10,12H2,1-2H3/t15-/m1/s1. The highest BCUT2D eigenvalue weighted by Crippen LogP contribution is 2.29. The fourth-order valence-electron chi connectivity index (χ4n) is 3.90. The number of fused-ring (bicyclic) bond motifs is 1. The molecule has 4 heterocycles. The summed E-state index contributed by atoms with van der Waals surface area (Å²) < 4.78 is 5.19. The number of aryl methyl sites for hydroxylation is 2. The molecule has 0 radical (unpaired) electrons. The second-order valence-corrected chi connectivity index (χ2v) is 7.14. The SMILES string of the molecule is Cc1noc(C)c1CCC(=O)N1CCC[C@@H](c2cc3ncccc3[nH]2)C1. The van der Waals surface area contributed by atoms with E-state index in [0.717, 1.165) is 54.0 Å². The van der Waals surface area contributed by atoms with Gasteiger partial charge in [-0.1, -0.05) is 5.16 Å². The number of pyridine rings is 1. The molecule has 0 spiro atoms. The minimum atomic E-state index is 0.212. The molecule has 0 bridgehead atoms. The summed E-state index contributed by atoms with van der Waals surface area (Å²) in [6.07, 6.45) is 5.14. The zero-order valence-electron chi connectivity index (χ0n) is 15.3. The van der Waals surface area contributed by atoms with Crippen LogP contribution in [0.1, 0.15) is 47.9 Å². The van der Waals surface area contributed by atoms with Crippen LogP contribution in [0.3, 0.4) is 0 Å². The van der Waals surface area contributed by atoms with E-state index >= 15 is 0 Å². The summed E-state index contributed by atoms with van der Waals surface area (Å²) in [5.41, 5.74) is 5.18. The summed E-state index contributed by atoms with van der Waals surface area (Å²) in [5, 5.41) is 3.97. The van der Waals surface area contributed by atoms with Gasteiger partial charge >= 0.3 is 0 Å². The van der Waals surface area contributed by atoms with Gasteiger partial charge in [-0.05, 0) is 51.3 Å². The average molecular weight is 352 g/mol. The Labute approximate surface area is 152 Å². The Bertz CT molecular complexity index is 874. The van der Waals surface area contributed by atoms with E-state index in [-0.39, 0.29) is 5.91 Å². The van der Waals surface area contributed by atoms with Gasteiger partial charge in [0.15, 0.2) is 0 Å². The van der Waals surface area contributed by atoms with Crippen LogP contribution >= 0.6 is 0 Å².